The minimum atomic E-state index is -0.488. The largest absolute Gasteiger partial charge is 0.462 e. The van der Waals surface area contributed by atoms with Crippen LogP contribution >= 0.6 is 0 Å². The highest BCUT2D eigenvalue weighted by Crippen LogP contribution is 2.74. The quantitative estimate of drug-likeness (QED) is 0.0869. The Morgan fingerprint density at radius 1 is 0.857 bits per heavy atom. The Balaban J connectivity index is 1.51. The molecule has 0 aliphatic heterocycles. The summed E-state index contributed by atoms with van der Waals surface area (Å²) in [6, 6.07) is 0. The summed E-state index contributed by atoms with van der Waals surface area (Å²) in [5.74, 6) is 0.726. The monoisotopic (exact) mass is 691 g/mol. The number of aliphatic hydroxyl groups excluding tert-OH is 2. The van der Waals surface area contributed by atoms with E-state index in [4.69, 9.17) is 10.5 Å². The molecule has 4 rings (SSSR count). The van der Waals surface area contributed by atoms with Gasteiger partial charge in [-0.05, 0) is 143 Å². The van der Waals surface area contributed by atoms with E-state index in [9.17, 15) is 19.8 Å². The molecular weight excluding hydrogens is 616 g/mol. The number of rotatable bonds is 18. The average molecular weight is 691 g/mol. The first-order valence-electron chi connectivity index (χ1n) is 20.1. The van der Waals surface area contributed by atoms with E-state index in [0.717, 1.165) is 96.8 Å². The molecule has 4 aliphatic carbocycles. The average Bonchev–Trinajstić information content (AvgIpc) is 3.30. The van der Waals surface area contributed by atoms with Gasteiger partial charge in [0.2, 0.25) is 5.91 Å². The number of amides is 1. The molecule has 0 aromatic carbocycles. The van der Waals surface area contributed by atoms with Gasteiger partial charge in [-0.25, -0.2) is 0 Å². The Morgan fingerprint density at radius 3 is 2.14 bits per heavy atom. The zero-order chi connectivity index (χ0) is 36.0. The maximum Gasteiger partial charge on any atom is 0.302 e. The van der Waals surface area contributed by atoms with Gasteiger partial charge >= 0.3 is 5.97 Å². The molecule has 49 heavy (non-hydrogen) atoms. The molecule has 4 saturated carbocycles. The highest BCUT2D eigenvalue weighted by molar-refractivity contribution is 5.79. The van der Waals surface area contributed by atoms with Crippen molar-refractivity contribution < 1.29 is 24.5 Å². The van der Waals surface area contributed by atoms with E-state index in [-0.39, 0.29) is 69.9 Å². The van der Waals surface area contributed by atoms with E-state index in [0.29, 0.717) is 31.3 Å². The van der Waals surface area contributed by atoms with Gasteiger partial charge < -0.3 is 36.6 Å². The van der Waals surface area contributed by atoms with Gasteiger partial charge in [-0.3, -0.25) is 9.59 Å². The van der Waals surface area contributed by atoms with Gasteiger partial charge in [0.05, 0.1) is 12.2 Å². The zero-order valence-electron chi connectivity index (χ0n) is 32.2. The molecule has 0 spiro atoms. The predicted molar refractivity (Wildman–Crippen MR) is 197 cm³/mol. The van der Waals surface area contributed by atoms with Crippen LogP contribution in [0.3, 0.4) is 0 Å². The van der Waals surface area contributed by atoms with Gasteiger partial charge in [-0.2, -0.15) is 0 Å². The maximum absolute atomic E-state index is 14.3. The normalized spacial score (nSPS) is 39.2. The first-order valence-corrected chi connectivity index (χ1v) is 20.1. The molecule has 3 unspecified atom stereocenters. The molecule has 0 saturated heterocycles. The molecule has 0 aromatic rings. The van der Waals surface area contributed by atoms with Crippen molar-refractivity contribution >= 4 is 11.9 Å². The summed E-state index contributed by atoms with van der Waals surface area (Å²) in [6.45, 7) is 20.4. The lowest BCUT2D eigenvalue weighted by molar-refractivity contribution is -0.239. The minimum Gasteiger partial charge on any atom is -0.462 e. The molecule has 1 amide bonds. The van der Waals surface area contributed by atoms with Crippen LogP contribution in [0.5, 0.6) is 0 Å². The topological polar surface area (TPSA) is 146 Å². The lowest BCUT2D eigenvalue weighted by atomic mass is 9.36. The molecular formula is C40H74N4O5. The number of fused-ring (bicyclic) bond motifs is 5. The standard InChI is InChI=1S/C40H74N4O5/c1-26(2)12-8-13-29(37(48)44-23-11-22-43-21-10-20-42-19-9-18-41)35-31-24-33(47)36-38(5)16-15-32(46)27(3)30(38)14-17-39(36,6)40(31,7)25-34(35)49-28(4)45/h26-27,29-36,42-43,46-47H,8-25,41H2,1-7H3,(H,44,48)/t27-,29-,30?,31?,32-,33+,34-,35-,36?,38-,39-,40-/m0/s1. The van der Waals surface area contributed by atoms with Crippen LogP contribution in [0.4, 0.5) is 0 Å². The van der Waals surface area contributed by atoms with Crippen LogP contribution < -0.4 is 21.7 Å². The molecule has 284 valence electrons. The molecule has 4 fully saturated rings. The highest BCUT2D eigenvalue weighted by atomic mass is 16.5. The number of nitrogens with two attached hydrogens (primary N) is 1. The van der Waals surface area contributed by atoms with Crippen LogP contribution in [0.1, 0.15) is 126 Å². The molecule has 0 bridgehead atoms. The van der Waals surface area contributed by atoms with E-state index >= 15 is 0 Å². The SMILES string of the molecule is CC(=O)O[C@H]1C[C@@]2(C)C(C[C@@H](O)C3[C@@]4(C)CC[C@H](O)[C@@H](C)C4CC[C@@]32C)[C@@H]1[C@H](CCCC(C)C)C(=O)NCCCNCCCNCCCN. The van der Waals surface area contributed by atoms with Gasteiger partial charge in [0.1, 0.15) is 6.10 Å². The van der Waals surface area contributed by atoms with Crippen molar-refractivity contribution in [3.8, 4) is 0 Å². The van der Waals surface area contributed by atoms with Crippen LogP contribution in [0, 0.1) is 57.7 Å². The number of carbonyl (C=O) groups is 2. The summed E-state index contributed by atoms with van der Waals surface area (Å²) in [6.07, 6.45) is 9.68. The summed E-state index contributed by atoms with van der Waals surface area (Å²) < 4.78 is 6.22. The van der Waals surface area contributed by atoms with Gasteiger partial charge in [0, 0.05) is 25.3 Å². The smallest absolute Gasteiger partial charge is 0.302 e. The second kappa shape index (κ2) is 17.5. The highest BCUT2D eigenvalue weighted by Gasteiger charge is 2.72. The van der Waals surface area contributed by atoms with E-state index in [1.807, 2.05) is 0 Å². The lowest BCUT2D eigenvalue weighted by Gasteiger charge is -2.69. The maximum atomic E-state index is 14.3. The third-order valence-electron chi connectivity index (χ3n) is 14.5. The van der Waals surface area contributed by atoms with Crippen LogP contribution in [0.2, 0.25) is 0 Å². The summed E-state index contributed by atoms with van der Waals surface area (Å²) >= 11 is 0. The number of esters is 1. The number of carbonyl (C=O) groups excluding carboxylic acids is 2. The Kier molecular flexibility index (Phi) is 14.5. The fourth-order valence-electron chi connectivity index (χ4n) is 11.9. The van der Waals surface area contributed by atoms with Crippen molar-refractivity contribution in [1.82, 2.24) is 16.0 Å². The molecule has 0 aromatic heterocycles. The number of ether oxygens (including phenoxy) is 1. The zero-order valence-corrected chi connectivity index (χ0v) is 32.2. The fraction of sp³-hybridized carbons (Fsp3) is 0.950. The Bertz CT molecular complexity index is 1080. The van der Waals surface area contributed by atoms with Crippen molar-refractivity contribution in [3.05, 3.63) is 0 Å². The van der Waals surface area contributed by atoms with Crippen LogP contribution in [-0.4, -0.2) is 79.7 Å². The van der Waals surface area contributed by atoms with Crippen molar-refractivity contribution in [1.29, 1.82) is 0 Å². The number of hydrogen-bond acceptors (Lipinski definition) is 8. The van der Waals surface area contributed by atoms with E-state index in [1.54, 1.807) is 0 Å². The third kappa shape index (κ3) is 8.69. The van der Waals surface area contributed by atoms with E-state index in [2.05, 4.69) is 57.5 Å². The van der Waals surface area contributed by atoms with Gasteiger partial charge in [-0.1, -0.05) is 54.4 Å². The summed E-state index contributed by atoms with van der Waals surface area (Å²) in [5.41, 5.74) is 5.15. The summed E-state index contributed by atoms with van der Waals surface area (Å²) in [7, 11) is 0. The molecule has 0 radical (unpaired) electrons. The van der Waals surface area contributed by atoms with Gasteiger partial charge in [0.25, 0.3) is 0 Å². The molecule has 12 atom stereocenters. The second-order valence-electron chi connectivity index (χ2n) is 17.8. The summed E-state index contributed by atoms with van der Waals surface area (Å²) in [4.78, 5) is 26.9. The Labute approximate surface area is 298 Å². The summed E-state index contributed by atoms with van der Waals surface area (Å²) in [5, 5.41) is 33.3. The van der Waals surface area contributed by atoms with Crippen molar-refractivity contribution in [2.45, 2.75) is 144 Å². The fourth-order valence-corrected chi connectivity index (χ4v) is 11.9. The predicted octanol–water partition coefficient (Wildman–Crippen LogP) is 5.02. The third-order valence-corrected chi connectivity index (χ3v) is 14.5. The van der Waals surface area contributed by atoms with Gasteiger partial charge in [-0.15, -0.1) is 0 Å². The molecule has 9 heteroatoms. The first kappa shape index (κ1) is 40.5. The minimum absolute atomic E-state index is 0.0584. The second-order valence-corrected chi connectivity index (χ2v) is 17.8. The van der Waals surface area contributed by atoms with Crippen LogP contribution in [0.15, 0.2) is 0 Å². The van der Waals surface area contributed by atoms with Gasteiger partial charge in [0.15, 0.2) is 0 Å². The number of hydrogen-bond donors (Lipinski definition) is 6. The van der Waals surface area contributed by atoms with Crippen LogP contribution in [0.25, 0.3) is 0 Å². The Morgan fingerprint density at radius 2 is 1.51 bits per heavy atom. The van der Waals surface area contributed by atoms with Crippen LogP contribution in [-0.2, 0) is 14.3 Å². The van der Waals surface area contributed by atoms with Crippen molar-refractivity contribution in [2.24, 2.45) is 63.4 Å². The van der Waals surface area contributed by atoms with Crippen molar-refractivity contribution in [2.75, 3.05) is 39.3 Å². The van der Waals surface area contributed by atoms with E-state index < -0.39 is 6.10 Å². The lowest BCUT2D eigenvalue weighted by Crippen LogP contribution is -2.66. The van der Waals surface area contributed by atoms with E-state index in [1.165, 1.54) is 6.92 Å². The molecule has 4 aliphatic rings. The first-order chi connectivity index (χ1) is 23.2. The molecule has 9 nitrogen and oxygen atoms in total. The Hall–Kier alpha value is -1.26. The molecule has 7 N–H and O–H groups in total. The molecule has 0 heterocycles. The van der Waals surface area contributed by atoms with Crippen molar-refractivity contribution in [3.63, 3.8) is 0 Å². The number of nitrogens with one attached hydrogen (secondary N) is 3. The number of aliphatic hydroxyl groups is 2.